The predicted octanol–water partition coefficient (Wildman–Crippen LogP) is 2.88. The monoisotopic (exact) mass is 326 g/mol. The maximum absolute atomic E-state index is 12.9. The van der Waals surface area contributed by atoms with Crippen molar-refractivity contribution in [3.63, 3.8) is 0 Å². The number of amides is 1. The first-order valence-electron chi connectivity index (χ1n) is 7.43. The second-order valence-electron chi connectivity index (χ2n) is 5.90. The smallest absolute Gasteiger partial charge is 0.230 e. The van der Waals surface area contributed by atoms with E-state index in [1.165, 1.54) is 10.5 Å². The fourth-order valence-electron chi connectivity index (χ4n) is 3.42. The van der Waals surface area contributed by atoms with Crippen LogP contribution in [0.2, 0.25) is 0 Å². The first-order chi connectivity index (χ1) is 9.70. The Labute approximate surface area is 137 Å². The van der Waals surface area contributed by atoms with Crippen molar-refractivity contribution in [3.05, 3.63) is 29.8 Å². The molecule has 2 aliphatic heterocycles. The van der Waals surface area contributed by atoms with E-state index in [-0.39, 0.29) is 18.3 Å². The summed E-state index contributed by atoms with van der Waals surface area (Å²) in [5.41, 5.74) is 6.99. The van der Waals surface area contributed by atoms with Gasteiger partial charge in [0.2, 0.25) is 5.91 Å². The Hall–Kier alpha value is -0.710. The van der Waals surface area contributed by atoms with E-state index in [4.69, 9.17) is 5.73 Å². The molecule has 2 N–H and O–H groups in total. The zero-order valence-corrected chi connectivity index (χ0v) is 14.0. The fourth-order valence-corrected chi connectivity index (χ4v) is 4.54. The molecule has 1 aromatic rings. The third-order valence-electron chi connectivity index (χ3n) is 4.53. The Kier molecular flexibility index (Phi) is 5.58. The van der Waals surface area contributed by atoms with Crippen molar-refractivity contribution in [2.24, 2.45) is 11.7 Å². The molecular weight excluding hydrogens is 304 g/mol. The van der Waals surface area contributed by atoms with Gasteiger partial charge in [-0.15, -0.1) is 24.2 Å². The van der Waals surface area contributed by atoms with Gasteiger partial charge in [0.15, 0.2) is 0 Å². The summed E-state index contributed by atoms with van der Waals surface area (Å²) >= 11 is 1.87. The molecule has 0 radical (unpaired) electrons. The Morgan fingerprint density at radius 1 is 1.43 bits per heavy atom. The molecule has 5 heteroatoms. The van der Waals surface area contributed by atoms with Crippen molar-refractivity contribution >= 4 is 30.1 Å². The van der Waals surface area contributed by atoms with Crippen LogP contribution in [-0.4, -0.2) is 35.7 Å². The van der Waals surface area contributed by atoms with E-state index < -0.39 is 0 Å². The van der Waals surface area contributed by atoms with Gasteiger partial charge in [0.1, 0.15) is 0 Å². The maximum Gasteiger partial charge on any atom is 0.230 e. The first-order valence-corrected chi connectivity index (χ1v) is 8.41. The second kappa shape index (κ2) is 7.03. The zero-order valence-electron chi connectivity index (χ0n) is 12.3. The van der Waals surface area contributed by atoms with Crippen LogP contribution >= 0.6 is 24.2 Å². The van der Waals surface area contributed by atoms with E-state index in [2.05, 4.69) is 30.0 Å². The SMILES string of the molecule is CC1CC(CN)CN1C(=O)C1CCSc2ccccc21.Cl. The number of carbonyl (C=O) groups is 1. The van der Waals surface area contributed by atoms with Crippen LogP contribution in [0.25, 0.3) is 0 Å². The number of fused-ring (bicyclic) bond motifs is 1. The minimum atomic E-state index is 0. The number of likely N-dealkylation sites (tertiary alicyclic amines) is 1. The van der Waals surface area contributed by atoms with Gasteiger partial charge < -0.3 is 10.6 Å². The molecule has 116 valence electrons. The molecule has 2 aliphatic rings. The van der Waals surface area contributed by atoms with Gasteiger partial charge >= 0.3 is 0 Å². The molecule has 3 nitrogen and oxygen atoms in total. The highest BCUT2D eigenvalue weighted by Gasteiger charge is 2.37. The molecule has 0 bridgehead atoms. The van der Waals surface area contributed by atoms with Gasteiger partial charge in [0.25, 0.3) is 0 Å². The van der Waals surface area contributed by atoms with Crippen LogP contribution < -0.4 is 5.73 Å². The second-order valence-corrected chi connectivity index (χ2v) is 7.04. The van der Waals surface area contributed by atoms with Crippen molar-refractivity contribution in [3.8, 4) is 0 Å². The quantitative estimate of drug-likeness (QED) is 0.909. The number of thioether (sulfide) groups is 1. The fraction of sp³-hybridized carbons (Fsp3) is 0.562. The van der Waals surface area contributed by atoms with E-state index in [0.29, 0.717) is 24.4 Å². The third kappa shape index (κ3) is 3.22. The van der Waals surface area contributed by atoms with E-state index in [1.54, 1.807) is 0 Å². The van der Waals surface area contributed by atoms with Gasteiger partial charge in [-0.05, 0) is 49.6 Å². The van der Waals surface area contributed by atoms with Gasteiger partial charge in [-0.1, -0.05) is 18.2 Å². The van der Waals surface area contributed by atoms with Crippen LogP contribution in [0.4, 0.5) is 0 Å². The molecule has 1 fully saturated rings. The molecule has 3 atom stereocenters. The summed E-state index contributed by atoms with van der Waals surface area (Å²) in [6, 6.07) is 8.68. The Morgan fingerprint density at radius 2 is 2.19 bits per heavy atom. The maximum atomic E-state index is 12.9. The molecular formula is C16H23ClN2OS. The number of rotatable bonds is 2. The molecule has 0 saturated carbocycles. The molecule has 0 aliphatic carbocycles. The van der Waals surface area contributed by atoms with Crippen LogP contribution in [0.1, 0.15) is 31.2 Å². The average molecular weight is 327 g/mol. The summed E-state index contributed by atoms with van der Waals surface area (Å²) in [5.74, 6) is 1.87. The first kappa shape index (κ1) is 16.7. The summed E-state index contributed by atoms with van der Waals surface area (Å²) in [7, 11) is 0. The number of halogens is 1. The standard InChI is InChI=1S/C16H22N2OS.ClH/c1-11-8-12(9-17)10-18(11)16(19)14-6-7-20-15-5-3-2-4-13(14)15;/h2-5,11-12,14H,6-10,17H2,1H3;1H. The lowest BCUT2D eigenvalue weighted by molar-refractivity contribution is -0.133. The number of nitrogens with zero attached hydrogens (tertiary/aromatic N) is 1. The average Bonchev–Trinajstić information content (AvgIpc) is 2.87. The summed E-state index contributed by atoms with van der Waals surface area (Å²) in [6.45, 7) is 3.67. The van der Waals surface area contributed by atoms with Crippen LogP contribution in [0.15, 0.2) is 29.2 Å². The van der Waals surface area contributed by atoms with E-state index in [0.717, 1.165) is 25.1 Å². The molecule has 0 spiro atoms. The van der Waals surface area contributed by atoms with E-state index in [1.807, 2.05) is 17.8 Å². The molecule has 0 aromatic heterocycles. The summed E-state index contributed by atoms with van der Waals surface area (Å²) in [5, 5.41) is 0. The van der Waals surface area contributed by atoms with Gasteiger partial charge in [-0.2, -0.15) is 0 Å². The summed E-state index contributed by atoms with van der Waals surface area (Å²) in [4.78, 5) is 16.3. The Morgan fingerprint density at radius 3 is 2.90 bits per heavy atom. The van der Waals surface area contributed by atoms with Crippen molar-refractivity contribution in [1.82, 2.24) is 4.90 Å². The number of hydrogen-bond acceptors (Lipinski definition) is 3. The zero-order chi connectivity index (χ0) is 14.1. The van der Waals surface area contributed by atoms with Crippen molar-refractivity contribution in [2.45, 2.75) is 36.6 Å². The molecule has 1 amide bonds. The minimum Gasteiger partial charge on any atom is -0.339 e. The number of carbonyl (C=O) groups excluding carboxylic acids is 1. The predicted molar refractivity (Wildman–Crippen MR) is 90.1 cm³/mol. The van der Waals surface area contributed by atoms with E-state index in [9.17, 15) is 4.79 Å². The summed E-state index contributed by atoms with van der Waals surface area (Å²) < 4.78 is 0. The highest BCUT2D eigenvalue weighted by molar-refractivity contribution is 7.99. The van der Waals surface area contributed by atoms with Gasteiger partial charge in [-0.3, -0.25) is 4.79 Å². The van der Waals surface area contributed by atoms with Crippen LogP contribution in [0, 0.1) is 5.92 Å². The van der Waals surface area contributed by atoms with E-state index >= 15 is 0 Å². The van der Waals surface area contributed by atoms with Gasteiger partial charge in [-0.25, -0.2) is 0 Å². The van der Waals surface area contributed by atoms with Crippen LogP contribution in [0.3, 0.4) is 0 Å². The number of benzene rings is 1. The summed E-state index contributed by atoms with van der Waals surface area (Å²) in [6.07, 6.45) is 2.00. The third-order valence-corrected chi connectivity index (χ3v) is 5.66. The largest absolute Gasteiger partial charge is 0.339 e. The highest BCUT2D eigenvalue weighted by atomic mass is 35.5. The topological polar surface area (TPSA) is 46.3 Å². The lowest BCUT2D eigenvalue weighted by Gasteiger charge is -2.30. The minimum absolute atomic E-state index is 0. The van der Waals surface area contributed by atoms with Crippen molar-refractivity contribution in [2.75, 3.05) is 18.8 Å². The molecule has 21 heavy (non-hydrogen) atoms. The molecule has 1 saturated heterocycles. The highest BCUT2D eigenvalue weighted by Crippen LogP contribution is 2.39. The Bertz CT molecular complexity index is 511. The van der Waals surface area contributed by atoms with Crippen LogP contribution in [-0.2, 0) is 4.79 Å². The van der Waals surface area contributed by atoms with Gasteiger partial charge in [0.05, 0.1) is 5.92 Å². The normalized spacial score (nSPS) is 27.9. The van der Waals surface area contributed by atoms with Crippen molar-refractivity contribution in [1.29, 1.82) is 0 Å². The molecule has 2 heterocycles. The lowest BCUT2D eigenvalue weighted by atomic mass is 9.94. The number of nitrogens with two attached hydrogens (primary N) is 1. The molecule has 1 aromatic carbocycles. The lowest BCUT2D eigenvalue weighted by Crippen LogP contribution is -2.38. The number of hydrogen-bond donors (Lipinski definition) is 1. The molecule has 3 rings (SSSR count). The molecule has 3 unspecified atom stereocenters. The van der Waals surface area contributed by atoms with Crippen molar-refractivity contribution < 1.29 is 4.79 Å². The van der Waals surface area contributed by atoms with Crippen LogP contribution in [0.5, 0.6) is 0 Å². The Balaban J connectivity index is 0.00000161. The van der Waals surface area contributed by atoms with Gasteiger partial charge in [0, 0.05) is 17.5 Å².